The van der Waals surface area contributed by atoms with E-state index in [9.17, 15) is 9.59 Å². The summed E-state index contributed by atoms with van der Waals surface area (Å²) in [6, 6.07) is 0. The Hall–Kier alpha value is -1.10. The molecule has 3 fully saturated rings. The summed E-state index contributed by atoms with van der Waals surface area (Å²) in [6.45, 7) is 4.84. The number of quaternary nitrogens is 1. The minimum Gasteiger partial charge on any atom is -0.465 e. The van der Waals surface area contributed by atoms with Gasteiger partial charge in [0.1, 0.15) is 6.10 Å². The zero-order valence-corrected chi connectivity index (χ0v) is 14.6. The lowest BCUT2D eigenvalue weighted by atomic mass is 9.80. The van der Waals surface area contributed by atoms with Crippen molar-refractivity contribution in [3.63, 3.8) is 0 Å². The van der Waals surface area contributed by atoms with Crippen molar-refractivity contribution in [2.24, 2.45) is 23.7 Å². The number of esters is 2. The Balaban J connectivity index is 1.43. The largest absolute Gasteiger partial charge is 0.465 e. The predicted molar refractivity (Wildman–Crippen MR) is 85.4 cm³/mol. The van der Waals surface area contributed by atoms with Crippen molar-refractivity contribution in [2.75, 3.05) is 33.8 Å². The standard InChI is InChI=1S/C18H30NO4/c1-4-5-7-19(2,3)8-6-9-22-17(20)15-12-10-13-14(11-12)23-18(21)16(13)15/h12-16H,4-11H2,1-3H3/q+1/t12-,13+,14-,15+,16+/m1/s1. The van der Waals surface area contributed by atoms with Crippen LogP contribution >= 0.6 is 0 Å². The molecule has 1 saturated heterocycles. The van der Waals surface area contributed by atoms with Crippen LogP contribution in [0.25, 0.3) is 0 Å². The lowest BCUT2D eigenvalue weighted by molar-refractivity contribution is -0.890. The molecule has 0 unspecified atom stereocenters. The number of hydrogen-bond donors (Lipinski definition) is 0. The molecule has 2 bridgehead atoms. The number of ether oxygens (including phenoxy) is 2. The molecule has 2 saturated carbocycles. The molecule has 3 aliphatic rings. The molecule has 1 aliphatic heterocycles. The SMILES string of the molecule is CCCC[N+](C)(C)CCCOC(=O)[C@H]1[C@@H]2C[C@@H]3[C@@H]1C(=O)O[C@@H]3C2. The molecule has 5 heteroatoms. The van der Waals surface area contributed by atoms with Gasteiger partial charge in [0.2, 0.25) is 0 Å². The first-order valence-electron chi connectivity index (χ1n) is 9.12. The predicted octanol–water partition coefficient (Wildman–Crippen LogP) is 1.99. The smallest absolute Gasteiger partial charge is 0.310 e. The van der Waals surface area contributed by atoms with Gasteiger partial charge < -0.3 is 14.0 Å². The van der Waals surface area contributed by atoms with Crippen LogP contribution in [0, 0.1) is 23.7 Å². The molecule has 0 aromatic carbocycles. The van der Waals surface area contributed by atoms with Gasteiger partial charge >= 0.3 is 11.9 Å². The lowest BCUT2D eigenvalue weighted by Gasteiger charge is -2.30. The van der Waals surface area contributed by atoms with E-state index in [0.29, 0.717) is 12.5 Å². The van der Waals surface area contributed by atoms with Crippen LogP contribution in [0.4, 0.5) is 0 Å². The lowest BCUT2D eigenvalue weighted by Crippen LogP contribution is -2.41. The maximum absolute atomic E-state index is 12.4. The van der Waals surface area contributed by atoms with Crippen LogP contribution in [0.15, 0.2) is 0 Å². The number of carbonyl (C=O) groups excluding carboxylic acids is 2. The number of nitrogens with zero attached hydrogens (tertiary/aromatic N) is 1. The molecule has 5 nitrogen and oxygen atoms in total. The summed E-state index contributed by atoms with van der Waals surface area (Å²) in [4.78, 5) is 24.4. The second-order valence-corrected chi connectivity index (χ2v) is 8.18. The van der Waals surface area contributed by atoms with Crippen molar-refractivity contribution >= 4 is 11.9 Å². The van der Waals surface area contributed by atoms with Crippen LogP contribution in [-0.2, 0) is 19.1 Å². The van der Waals surface area contributed by atoms with Crippen molar-refractivity contribution in [3.8, 4) is 0 Å². The number of fused-ring (bicyclic) bond motifs is 1. The number of unbranched alkanes of at least 4 members (excludes halogenated alkanes) is 1. The summed E-state index contributed by atoms with van der Waals surface area (Å²) >= 11 is 0. The maximum Gasteiger partial charge on any atom is 0.310 e. The van der Waals surface area contributed by atoms with Crippen LogP contribution in [0.5, 0.6) is 0 Å². The van der Waals surface area contributed by atoms with Gasteiger partial charge in [-0.1, -0.05) is 13.3 Å². The van der Waals surface area contributed by atoms with Crippen LogP contribution in [0.1, 0.15) is 39.0 Å². The summed E-state index contributed by atoms with van der Waals surface area (Å²) in [5, 5.41) is 0. The molecular formula is C18H30NO4+. The van der Waals surface area contributed by atoms with Gasteiger partial charge in [0, 0.05) is 12.3 Å². The summed E-state index contributed by atoms with van der Waals surface area (Å²) in [6.07, 6.45) is 5.21. The van der Waals surface area contributed by atoms with E-state index in [2.05, 4.69) is 21.0 Å². The van der Waals surface area contributed by atoms with Gasteiger partial charge in [-0.2, -0.15) is 0 Å². The first kappa shape index (κ1) is 16.7. The third-order valence-corrected chi connectivity index (χ3v) is 6.02. The summed E-state index contributed by atoms with van der Waals surface area (Å²) in [5.41, 5.74) is 0. The molecule has 130 valence electrons. The fourth-order valence-corrected chi connectivity index (χ4v) is 4.78. The quantitative estimate of drug-likeness (QED) is 0.389. The van der Waals surface area contributed by atoms with Crippen molar-refractivity contribution in [1.29, 1.82) is 0 Å². The van der Waals surface area contributed by atoms with E-state index < -0.39 is 0 Å². The maximum atomic E-state index is 12.4. The van der Waals surface area contributed by atoms with E-state index >= 15 is 0 Å². The summed E-state index contributed by atoms with van der Waals surface area (Å²) in [7, 11) is 4.45. The Morgan fingerprint density at radius 2 is 2.00 bits per heavy atom. The summed E-state index contributed by atoms with van der Waals surface area (Å²) in [5.74, 6) is -0.227. The highest BCUT2D eigenvalue weighted by molar-refractivity contribution is 5.85. The van der Waals surface area contributed by atoms with Crippen molar-refractivity contribution < 1.29 is 23.5 Å². The topological polar surface area (TPSA) is 52.6 Å². The summed E-state index contributed by atoms with van der Waals surface area (Å²) < 4.78 is 11.9. The Morgan fingerprint density at radius 3 is 2.74 bits per heavy atom. The van der Waals surface area contributed by atoms with E-state index in [0.717, 1.165) is 36.8 Å². The van der Waals surface area contributed by atoms with Gasteiger partial charge in [-0.15, -0.1) is 0 Å². The molecule has 2 aliphatic carbocycles. The second-order valence-electron chi connectivity index (χ2n) is 8.18. The Bertz CT molecular complexity index is 474. The average molecular weight is 324 g/mol. The minimum atomic E-state index is -0.242. The molecule has 0 aromatic heterocycles. The number of carbonyl (C=O) groups is 2. The van der Waals surface area contributed by atoms with Crippen molar-refractivity contribution in [2.45, 2.75) is 45.1 Å². The first-order chi connectivity index (χ1) is 10.9. The molecule has 1 heterocycles. The van der Waals surface area contributed by atoms with E-state index in [1.165, 1.54) is 12.8 Å². The molecular weight excluding hydrogens is 294 g/mol. The van der Waals surface area contributed by atoms with Crippen molar-refractivity contribution in [1.82, 2.24) is 0 Å². The highest BCUT2D eigenvalue weighted by Gasteiger charge is 2.64. The normalized spacial score (nSPS) is 34.7. The zero-order chi connectivity index (χ0) is 16.6. The third-order valence-electron chi connectivity index (χ3n) is 6.02. The van der Waals surface area contributed by atoms with Gasteiger partial charge in [-0.25, -0.2) is 0 Å². The zero-order valence-electron chi connectivity index (χ0n) is 14.6. The van der Waals surface area contributed by atoms with Crippen LogP contribution in [0.2, 0.25) is 0 Å². The number of hydrogen-bond acceptors (Lipinski definition) is 4. The molecule has 23 heavy (non-hydrogen) atoms. The minimum absolute atomic E-state index is 0.0817. The van der Waals surface area contributed by atoms with Crippen LogP contribution < -0.4 is 0 Å². The molecule has 0 amide bonds. The molecule has 0 radical (unpaired) electrons. The second kappa shape index (κ2) is 6.42. The van der Waals surface area contributed by atoms with E-state index in [1.807, 2.05) is 0 Å². The van der Waals surface area contributed by atoms with E-state index in [4.69, 9.17) is 9.47 Å². The van der Waals surface area contributed by atoms with Crippen LogP contribution in [-0.4, -0.2) is 56.3 Å². The van der Waals surface area contributed by atoms with Crippen molar-refractivity contribution in [3.05, 3.63) is 0 Å². The van der Waals surface area contributed by atoms with Gasteiger partial charge in [-0.3, -0.25) is 9.59 Å². The number of rotatable bonds is 8. The van der Waals surface area contributed by atoms with E-state index in [1.54, 1.807) is 0 Å². The third kappa shape index (κ3) is 3.25. The highest BCUT2D eigenvalue weighted by Crippen LogP contribution is 2.57. The fourth-order valence-electron chi connectivity index (χ4n) is 4.78. The van der Waals surface area contributed by atoms with E-state index in [-0.39, 0.29) is 35.8 Å². The molecule has 3 rings (SSSR count). The molecule has 0 N–H and O–H groups in total. The molecule has 5 atom stereocenters. The molecule has 0 spiro atoms. The van der Waals surface area contributed by atoms with Gasteiger partial charge in [0.15, 0.2) is 0 Å². The van der Waals surface area contributed by atoms with Gasteiger partial charge in [-0.05, 0) is 25.2 Å². The average Bonchev–Trinajstić information content (AvgIpc) is 3.11. The van der Waals surface area contributed by atoms with Crippen LogP contribution in [0.3, 0.4) is 0 Å². The first-order valence-corrected chi connectivity index (χ1v) is 9.12. The monoisotopic (exact) mass is 324 g/mol. The highest BCUT2D eigenvalue weighted by atomic mass is 16.6. The van der Waals surface area contributed by atoms with Gasteiger partial charge in [0.05, 0.1) is 45.6 Å². The fraction of sp³-hybridized carbons (Fsp3) is 0.889. The van der Waals surface area contributed by atoms with Gasteiger partial charge in [0.25, 0.3) is 0 Å². The Kier molecular flexibility index (Phi) is 4.68. The Labute approximate surface area is 138 Å². The molecule has 0 aromatic rings. The Morgan fingerprint density at radius 1 is 1.26 bits per heavy atom.